The maximum Gasteiger partial charge on any atom is 0.262 e. The van der Waals surface area contributed by atoms with E-state index in [1.165, 1.54) is 0 Å². The Bertz CT molecular complexity index is 827. The van der Waals surface area contributed by atoms with Crippen LogP contribution >= 0.6 is 15.9 Å². The van der Waals surface area contributed by atoms with E-state index in [9.17, 15) is 4.79 Å². The Balaban J connectivity index is 1.61. The van der Waals surface area contributed by atoms with E-state index in [0.29, 0.717) is 25.4 Å². The van der Waals surface area contributed by atoms with Crippen LogP contribution in [0, 0.1) is 11.3 Å². The first-order valence-electron chi connectivity index (χ1n) is 8.66. The number of hydrogen-bond donors (Lipinski definition) is 1. The Morgan fingerprint density at radius 1 is 1.22 bits per heavy atom. The van der Waals surface area contributed by atoms with E-state index < -0.39 is 0 Å². The predicted octanol–water partition coefficient (Wildman–Crippen LogP) is 3.37. The molecular weight excluding hydrogens is 410 g/mol. The van der Waals surface area contributed by atoms with Crippen molar-refractivity contribution in [3.63, 3.8) is 0 Å². The normalized spacial score (nSPS) is 13.7. The Morgan fingerprint density at radius 3 is 2.67 bits per heavy atom. The van der Waals surface area contributed by atoms with Gasteiger partial charge in [0.25, 0.3) is 5.91 Å². The zero-order valence-corrected chi connectivity index (χ0v) is 16.4. The van der Waals surface area contributed by atoms with Crippen molar-refractivity contribution in [3.05, 3.63) is 52.5 Å². The SMILES string of the molecule is N#CCc1ccc(OCC(=O)Nc2cc(Br)ccc2N2CCOCC2)cc1. The van der Waals surface area contributed by atoms with Crippen molar-refractivity contribution in [2.45, 2.75) is 6.42 Å². The summed E-state index contributed by atoms with van der Waals surface area (Å²) in [6.45, 7) is 2.83. The molecule has 0 aromatic heterocycles. The van der Waals surface area contributed by atoms with Gasteiger partial charge in [0, 0.05) is 17.6 Å². The van der Waals surface area contributed by atoms with Gasteiger partial charge in [0.15, 0.2) is 6.61 Å². The average molecular weight is 430 g/mol. The molecule has 3 rings (SSSR count). The smallest absolute Gasteiger partial charge is 0.262 e. The minimum atomic E-state index is -0.233. The molecule has 140 valence electrons. The molecule has 0 atom stereocenters. The highest BCUT2D eigenvalue weighted by Gasteiger charge is 2.16. The molecular formula is C20H20BrN3O3. The molecule has 1 N–H and O–H groups in total. The van der Waals surface area contributed by atoms with Crippen LogP contribution in [0.1, 0.15) is 5.56 Å². The largest absolute Gasteiger partial charge is 0.484 e. The zero-order valence-electron chi connectivity index (χ0n) is 14.8. The van der Waals surface area contributed by atoms with E-state index in [0.717, 1.165) is 34.5 Å². The molecule has 1 aliphatic heterocycles. The van der Waals surface area contributed by atoms with Gasteiger partial charge in [0.2, 0.25) is 0 Å². The molecule has 7 heteroatoms. The number of ether oxygens (including phenoxy) is 2. The van der Waals surface area contributed by atoms with E-state index in [-0.39, 0.29) is 12.5 Å². The summed E-state index contributed by atoms with van der Waals surface area (Å²) in [5.41, 5.74) is 2.62. The zero-order chi connectivity index (χ0) is 19.1. The van der Waals surface area contributed by atoms with Gasteiger partial charge in [-0.2, -0.15) is 5.26 Å². The number of carbonyl (C=O) groups is 1. The molecule has 0 radical (unpaired) electrons. The van der Waals surface area contributed by atoms with Gasteiger partial charge in [-0.25, -0.2) is 0 Å². The van der Waals surface area contributed by atoms with Gasteiger partial charge >= 0.3 is 0 Å². The van der Waals surface area contributed by atoms with Crippen molar-refractivity contribution in [1.82, 2.24) is 0 Å². The van der Waals surface area contributed by atoms with E-state index in [4.69, 9.17) is 14.7 Å². The van der Waals surface area contributed by atoms with Crippen molar-refractivity contribution in [2.75, 3.05) is 43.1 Å². The van der Waals surface area contributed by atoms with Crippen LogP contribution < -0.4 is 15.0 Å². The second-order valence-corrected chi connectivity index (χ2v) is 6.99. The molecule has 1 saturated heterocycles. The number of nitrogens with one attached hydrogen (secondary N) is 1. The summed E-state index contributed by atoms with van der Waals surface area (Å²) in [6, 6.07) is 15.1. The molecule has 0 spiro atoms. The minimum absolute atomic E-state index is 0.0906. The molecule has 0 saturated carbocycles. The number of carbonyl (C=O) groups excluding carboxylic acids is 1. The maximum atomic E-state index is 12.4. The first-order valence-corrected chi connectivity index (χ1v) is 9.46. The quantitative estimate of drug-likeness (QED) is 0.761. The van der Waals surface area contributed by atoms with Gasteiger partial charge in [0.1, 0.15) is 5.75 Å². The van der Waals surface area contributed by atoms with Crippen LogP contribution in [0.15, 0.2) is 46.9 Å². The van der Waals surface area contributed by atoms with Crippen molar-refractivity contribution in [2.24, 2.45) is 0 Å². The highest BCUT2D eigenvalue weighted by atomic mass is 79.9. The topological polar surface area (TPSA) is 74.6 Å². The summed E-state index contributed by atoms with van der Waals surface area (Å²) in [5.74, 6) is 0.359. The van der Waals surface area contributed by atoms with Gasteiger partial charge in [0.05, 0.1) is 37.1 Å². The lowest BCUT2D eigenvalue weighted by Gasteiger charge is -2.30. The number of anilines is 2. The summed E-state index contributed by atoms with van der Waals surface area (Å²) >= 11 is 3.46. The third kappa shape index (κ3) is 5.46. The fourth-order valence-electron chi connectivity index (χ4n) is 2.82. The molecule has 1 aliphatic rings. The van der Waals surface area contributed by atoms with Gasteiger partial charge in [-0.05, 0) is 35.9 Å². The first kappa shape index (κ1) is 19.2. The van der Waals surface area contributed by atoms with E-state index >= 15 is 0 Å². The number of rotatable bonds is 6. The molecule has 0 bridgehead atoms. The van der Waals surface area contributed by atoms with E-state index in [1.54, 1.807) is 12.1 Å². The fraction of sp³-hybridized carbons (Fsp3) is 0.300. The number of benzene rings is 2. The molecule has 0 aliphatic carbocycles. The number of amides is 1. The van der Waals surface area contributed by atoms with Gasteiger partial charge in [-0.3, -0.25) is 4.79 Å². The Hall–Kier alpha value is -2.56. The second kappa shape index (κ2) is 9.40. The molecule has 6 nitrogen and oxygen atoms in total. The van der Waals surface area contributed by atoms with E-state index in [2.05, 4.69) is 32.2 Å². The minimum Gasteiger partial charge on any atom is -0.484 e. The second-order valence-electron chi connectivity index (χ2n) is 6.08. The molecule has 1 fully saturated rings. The van der Waals surface area contributed by atoms with Crippen LogP contribution in [0.2, 0.25) is 0 Å². The standard InChI is InChI=1S/C20H20BrN3O3/c21-16-3-6-19(24-9-11-26-12-10-24)18(13-16)23-20(25)14-27-17-4-1-15(2-5-17)7-8-22/h1-6,13H,7,9-12,14H2,(H,23,25). The Morgan fingerprint density at radius 2 is 1.96 bits per heavy atom. The lowest BCUT2D eigenvalue weighted by atomic mass is 10.2. The highest BCUT2D eigenvalue weighted by molar-refractivity contribution is 9.10. The molecule has 0 unspecified atom stereocenters. The number of nitriles is 1. The van der Waals surface area contributed by atoms with Crippen LogP contribution in [-0.2, 0) is 16.0 Å². The summed E-state index contributed by atoms with van der Waals surface area (Å²) in [6.07, 6.45) is 0.355. The summed E-state index contributed by atoms with van der Waals surface area (Å²) < 4.78 is 11.8. The van der Waals surface area contributed by atoms with Gasteiger partial charge in [-0.15, -0.1) is 0 Å². The first-order chi connectivity index (χ1) is 13.2. The summed E-state index contributed by atoms with van der Waals surface area (Å²) in [4.78, 5) is 14.6. The van der Waals surface area contributed by atoms with Crippen LogP contribution in [0.4, 0.5) is 11.4 Å². The maximum absolute atomic E-state index is 12.4. The van der Waals surface area contributed by atoms with E-state index in [1.807, 2.05) is 30.3 Å². The lowest BCUT2D eigenvalue weighted by molar-refractivity contribution is -0.118. The van der Waals surface area contributed by atoms with Crippen LogP contribution in [0.25, 0.3) is 0 Å². The lowest BCUT2D eigenvalue weighted by Crippen LogP contribution is -2.37. The monoisotopic (exact) mass is 429 g/mol. The van der Waals surface area contributed by atoms with Crippen molar-refractivity contribution >= 4 is 33.2 Å². The average Bonchev–Trinajstić information content (AvgIpc) is 2.68. The van der Waals surface area contributed by atoms with Gasteiger partial charge in [-0.1, -0.05) is 28.1 Å². The third-order valence-corrected chi connectivity index (χ3v) is 4.65. The van der Waals surface area contributed by atoms with Gasteiger partial charge < -0.3 is 19.7 Å². The number of morpholine rings is 1. The fourth-order valence-corrected chi connectivity index (χ4v) is 3.18. The number of halogens is 1. The van der Waals surface area contributed by atoms with Crippen LogP contribution in [-0.4, -0.2) is 38.8 Å². The number of hydrogen-bond acceptors (Lipinski definition) is 5. The van der Waals surface area contributed by atoms with Crippen LogP contribution in [0.5, 0.6) is 5.75 Å². The predicted molar refractivity (Wildman–Crippen MR) is 107 cm³/mol. The Kier molecular flexibility index (Phi) is 6.69. The van der Waals surface area contributed by atoms with Crippen molar-refractivity contribution in [3.8, 4) is 11.8 Å². The number of nitrogens with zero attached hydrogens (tertiary/aromatic N) is 2. The molecule has 1 amide bonds. The van der Waals surface area contributed by atoms with Crippen molar-refractivity contribution in [1.29, 1.82) is 5.26 Å². The highest BCUT2D eigenvalue weighted by Crippen LogP contribution is 2.30. The summed E-state index contributed by atoms with van der Waals surface area (Å²) in [7, 11) is 0. The van der Waals surface area contributed by atoms with Crippen LogP contribution in [0.3, 0.4) is 0 Å². The molecule has 2 aromatic carbocycles. The Labute approximate surface area is 166 Å². The third-order valence-electron chi connectivity index (χ3n) is 4.16. The molecule has 2 aromatic rings. The molecule has 1 heterocycles. The van der Waals surface area contributed by atoms with Crippen molar-refractivity contribution < 1.29 is 14.3 Å². The molecule has 27 heavy (non-hydrogen) atoms. The summed E-state index contributed by atoms with van der Waals surface area (Å²) in [5, 5.41) is 11.6.